The van der Waals surface area contributed by atoms with E-state index in [1.165, 1.54) is 24.3 Å². The van der Waals surface area contributed by atoms with E-state index in [-0.39, 0.29) is 22.7 Å². The average Bonchev–Trinajstić information content (AvgIpc) is 3.30. The molecule has 0 saturated carbocycles. The highest BCUT2D eigenvalue weighted by molar-refractivity contribution is 7.90. The fraction of sp³-hybridized carbons (Fsp3) is 0.185. The molecule has 0 aliphatic heterocycles. The summed E-state index contributed by atoms with van der Waals surface area (Å²) >= 11 is 0. The Morgan fingerprint density at radius 1 is 0.946 bits per heavy atom. The fourth-order valence-electron chi connectivity index (χ4n) is 3.81. The van der Waals surface area contributed by atoms with Gasteiger partial charge in [-0.15, -0.1) is 0 Å². The second kappa shape index (κ2) is 10.2. The van der Waals surface area contributed by atoms with Gasteiger partial charge >= 0.3 is 6.18 Å². The third-order valence-electron chi connectivity index (χ3n) is 5.87. The predicted molar refractivity (Wildman–Crippen MR) is 134 cm³/mol. The lowest BCUT2D eigenvalue weighted by Gasteiger charge is -2.11. The van der Waals surface area contributed by atoms with Gasteiger partial charge in [-0.25, -0.2) is 17.8 Å². The van der Waals surface area contributed by atoms with Crippen LogP contribution in [0.3, 0.4) is 0 Å². The normalized spacial score (nSPS) is 11.9. The van der Waals surface area contributed by atoms with Crippen LogP contribution in [0.5, 0.6) is 0 Å². The molecule has 0 bridgehead atoms. The first-order valence-corrected chi connectivity index (χ1v) is 12.9. The molecule has 0 saturated heterocycles. The van der Waals surface area contributed by atoms with E-state index in [0.29, 0.717) is 12.0 Å². The SMILES string of the molecule is Cc1ccc(-c2cc(C(F)(F)F)nn2-c2ccc(S(=O)(=O)NC(=O)CCc3ccccc3C)cc2)cc1. The molecule has 1 aromatic heterocycles. The summed E-state index contributed by atoms with van der Waals surface area (Å²) in [5, 5.41) is 3.72. The Kier molecular flexibility index (Phi) is 7.22. The Morgan fingerprint density at radius 2 is 1.59 bits per heavy atom. The van der Waals surface area contributed by atoms with Crippen molar-refractivity contribution >= 4 is 15.9 Å². The number of alkyl halides is 3. The van der Waals surface area contributed by atoms with E-state index in [4.69, 9.17) is 0 Å². The molecule has 0 radical (unpaired) electrons. The van der Waals surface area contributed by atoms with E-state index >= 15 is 0 Å². The first kappa shape index (κ1) is 26.2. The smallest absolute Gasteiger partial charge is 0.274 e. The molecule has 4 rings (SSSR count). The number of rotatable bonds is 7. The van der Waals surface area contributed by atoms with Crippen LogP contribution in [-0.4, -0.2) is 24.1 Å². The van der Waals surface area contributed by atoms with Gasteiger partial charge in [-0.1, -0.05) is 54.1 Å². The number of sulfonamides is 1. The van der Waals surface area contributed by atoms with Crippen LogP contribution in [0.2, 0.25) is 0 Å². The molecule has 37 heavy (non-hydrogen) atoms. The van der Waals surface area contributed by atoms with Gasteiger partial charge in [0.05, 0.1) is 16.3 Å². The Labute approximate surface area is 212 Å². The van der Waals surface area contributed by atoms with E-state index in [0.717, 1.165) is 27.4 Å². The van der Waals surface area contributed by atoms with E-state index in [1.807, 2.05) is 38.1 Å². The topological polar surface area (TPSA) is 81.1 Å². The van der Waals surface area contributed by atoms with E-state index in [2.05, 4.69) is 9.82 Å². The zero-order valence-electron chi connectivity index (χ0n) is 20.1. The monoisotopic (exact) mass is 527 g/mol. The van der Waals surface area contributed by atoms with Crippen molar-refractivity contribution in [1.82, 2.24) is 14.5 Å². The molecule has 0 unspecified atom stereocenters. The average molecular weight is 528 g/mol. The summed E-state index contributed by atoms with van der Waals surface area (Å²) in [6.07, 6.45) is -4.29. The Hall–Kier alpha value is -3.92. The molecule has 1 heterocycles. The standard InChI is InChI=1S/C27H24F3N3O3S/c1-18-7-9-21(10-8-18)24-17-25(27(28,29)30)31-33(24)22-12-14-23(15-13-22)37(35,36)32-26(34)16-11-20-6-4-3-5-19(20)2/h3-10,12-15,17H,11,16H2,1-2H3,(H,32,34). The summed E-state index contributed by atoms with van der Waals surface area (Å²) in [7, 11) is -4.17. The predicted octanol–water partition coefficient (Wildman–Crippen LogP) is 5.61. The van der Waals surface area contributed by atoms with Gasteiger partial charge in [0.2, 0.25) is 5.91 Å². The maximum atomic E-state index is 13.4. The maximum Gasteiger partial charge on any atom is 0.435 e. The highest BCUT2D eigenvalue weighted by Crippen LogP contribution is 2.33. The van der Waals surface area contributed by atoms with Crippen LogP contribution in [0.1, 0.15) is 28.8 Å². The lowest BCUT2D eigenvalue weighted by molar-refractivity contribution is -0.141. The molecule has 0 fully saturated rings. The van der Waals surface area contributed by atoms with Gasteiger partial charge in [-0.2, -0.15) is 18.3 Å². The van der Waals surface area contributed by atoms with Gasteiger partial charge in [-0.3, -0.25) is 4.79 Å². The minimum absolute atomic E-state index is 0.0183. The minimum atomic E-state index is -4.66. The molecule has 1 amide bonds. The van der Waals surface area contributed by atoms with Crippen molar-refractivity contribution in [2.45, 2.75) is 37.8 Å². The van der Waals surface area contributed by atoms with Crippen LogP contribution in [0.15, 0.2) is 83.8 Å². The van der Waals surface area contributed by atoms with Crippen LogP contribution in [-0.2, 0) is 27.4 Å². The maximum absolute atomic E-state index is 13.4. The summed E-state index contributed by atoms with van der Waals surface area (Å²) in [4.78, 5) is 12.1. The van der Waals surface area contributed by atoms with Crippen molar-refractivity contribution in [3.8, 4) is 16.9 Å². The summed E-state index contributed by atoms with van der Waals surface area (Å²) in [6.45, 7) is 3.77. The van der Waals surface area contributed by atoms with Crippen molar-refractivity contribution < 1.29 is 26.4 Å². The lowest BCUT2D eigenvalue weighted by Crippen LogP contribution is -2.30. The highest BCUT2D eigenvalue weighted by Gasteiger charge is 2.35. The minimum Gasteiger partial charge on any atom is -0.274 e. The number of nitrogens with zero attached hydrogens (tertiary/aromatic N) is 2. The Morgan fingerprint density at radius 3 is 2.22 bits per heavy atom. The van der Waals surface area contributed by atoms with Crippen LogP contribution < -0.4 is 4.72 Å². The van der Waals surface area contributed by atoms with Crippen LogP contribution in [0.25, 0.3) is 16.9 Å². The molecule has 192 valence electrons. The van der Waals surface area contributed by atoms with Crippen molar-refractivity contribution in [2.75, 3.05) is 0 Å². The van der Waals surface area contributed by atoms with Gasteiger partial charge in [0.1, 0.15) is 0 Å². The highest BCUT2D eigenvalue weighted by atomic mass is 32.2. The van der Waals surface area contributed by atoms with Gasteiger partial charge in [0, 0.05) is 12.0 Å². The Bertz CT molecular complexity index is 1530. The van der Waals surface area contributed by atoms with Gasteiger partial charge in [0.15, 0.2) is 5.69 Å². The second-order valence-corrected chi connectivity index (χ2v) is 10.3. The van der Waals surface area contributed by atoms with Crippen molar-refractivity contribution in [3.05, 3.63) is 101 Å². The molecule has 0 aliphatic rings. The number of benzene rings is 3. The quantitative estimate of drug-likeness (QED) is 0.339. The molecule has 4 aromatic rings. The fourth-order valence-corrected chi connectivity index (χ4v) is 4.83. The lowest BCUT2D eigenvalue weighted by atomic mass is 10.0. The van der Waals surface area contributed by atoms with Crippen molar-refractivity contribution in [3.63, 3.8) is 0 Å². The molecule has 0 atom stereocenters. The molecule has 3 aromatic carbocycles. The number of carbonyl (C=O) groups excluding carboxylic acids is 1. The number of nitrogens with one attached hydrogen (secondary N) is 1. The van der Waals surface area contributed by atoms with E-state index in [9.17, 15) is 26.4 Å². The first-order valence-electron chi connectivity index (χ1n) is 11.4. The zero-order valence-corrected chi connectivity index (χ0v) is 20.9. The number of hydrogen-bond acceptors (Lipinski definition) is 4. The van der Waals surface area contributed by atoms with Crippen LogP contribution in [0, 0.1) is 13.8 Å². The molecule has 0 aliphatic carbocycles. The molecule has 0 spiro atoms. The molecule has 10 heteroatoms. The van der Waals surface area contributed by atoms with E-state index in [1.54, 1.807) is 24.3 Å². The van der Waals surface area contributed by atoms with Crippen molar-refractivity contribution in [2.24, 2.45) is 0 Å². The molecular formula is C27H24F3N3O3S. The van der Waals surface area contributed by atoms with Gasteiger partial charge in [-0.05, 0) is 61.7 Å². The molecular weight excluding hydrogens is 503 g/mol. The first-order chi connectivity index (χ1) is 17.4. The van der Waals surface area contributed by atoms with Gasteiger partial charge in [0.25, 0.3) is 10.0 Å². The van der Waals surface area contributed by atoms with Crippen molar-refractivity contribution in [1.29, 1.82) is 0 Å². The third-order valence-corrected chi connectivity index (χ3v) is 7.26. The van der Waals surface area contributed by atoms with Gasteiger partial charge < -0.3 is 0 Å². The summed E-state index contributed by atoms with van der Waals surface area (Å²) in [5.41, 5.74) is 2.78. The number of carbonyl (C=O) groups is 1. The molecule has 6 nitrogen and oxygen atoms in total. The number of hydrogen-bond donors (Lipinski definition) is 1. The largest absolute Gasteiger partial charge is 0.435 e. The summed E-state index contributed by atoms with van der Waals surface area (Å²) in [5.74, 6) is -0.657. The number of aryl methyl sites for hydroxylation is 3. The third kappa shape index (κ3) is 6.08. The molecule has 1 N–H and O–H groups in total. The number of amides is 1. The number of halogens is 3. The van der Waals surface area contributed by atoms with Crippen LogP contribution >= 0.6 is 0 Å². The number of aromatic nitrogens is 2. The summed E-state index contributed by atoms with van der Waals surface area (Å²) in [6, 6.07) is 20.5. The zero-order chi connectivity index (χ0) is 26.8. The van der Waals surface area contributed by atoms with E-state index < -0.39 is 27.8 Å². The Balaban J connectivity index is 1.56. The second-order valence-electron chi connectivity index (χ2n) is 8.64. The summed E-state index contributed by atoms with van der Waals surface area (Å²) < 4.78 is 68.9. The van der Waals surface area contributed by atoms with Crippen LogP contribution in [0.4, 0.5) is 13.2 Å².